The maximum absolute atomic E-state index is 12.2. The van der Waals surface area contributed by atoms with Crippen molar-refractivity contribution in [2.75, 3.05) is 13.6 Å². The minimum absolute atomic E-state index is 0.0266. The van der Waals surface area contributed by atoms with Gasteiger partial charge in [0.15, 0.2) is 11.6 Å². The summed E-state index contributed by atoms with van der Waals surface area (Å²) < 4.78 is 0. The SMILES string of the molecule is CCCC(=O)C(C(=O)O)(C(=O)O)C(=O)NCCC(=O)C(C(=O)O)(C(=O)O)C(=O)NC. The summed E-state index contributed by atoms with van der Waals surface area (Å²) in [4.78, 5) is 93.9. The molecule has 0 aromatic rings. The van der Waals surface area contributed by atoms with E-state index < -0.39 is 77.5 Å². The summed E-state index contributed by atoms with van der Waals surface area (Å²) in [5, 5.41) is 40.1. The molecule has 0 heterocycles. The van der Waals surface area contributed by atoms with Crippen molar-refractivity contribution in [3.05, 3.63) is 0 Å². The molecule has 0 spiro atoms. The van der Waals surface area contributed by atoms with Crippen LogP contribution in [0.2, 0.25) is 0 Å². The monoisotopic (exact) mass is 432 g/mol. The van der Waals surface area contributed by atoms with Gasteiger partial charge in [0.05, 0.1) is 0 Å². The molecule has 6 N–H and O–H groups in total. The molecule has 0 radical (unpaired) electrons. The molecule has 0 atom stereocenters. The van der Waals surface area contributed by atoms with E-state index in [0.29, 0.717) is 0 Å². The van der Waals surface area contributed by atoms with Gasteiger partial charge in [-0.15, -0.1) is 0 Å². The van der Waals surface area contributed by atoms with Gasteiger partial charge in [0.2, 0.25) is 0 Å². The Balaban J connectivity index is 5.77. The lowest BCUT2D eigenvalue weighted by Crippen LogP contribution is -2.58. The molecular weight excluding hydrogens is 412 g/mol. The van der Waals surface area contributed by atoms with Crippen LogP contribution in [0.1, 0.15) is 26.2 Å². The Morgan fingerprint density at radius 3 is 1.37 bits per heavy atom. The van der Waals surface area contributed by atoms with E-state index >= 15 is 0 Å². The minimum atomic E-state index is -3.55. The lowest BCUT2D eigenvalue weighted by Gasteiger charge is -2.23. The van der Waals surface area contributed by atoms with Crippen LogP contribution in [0.5, 0.6) is 0 Å². The maximum atomic E-state index is 12.2. The van der Waals surface area contributed by atoms with E-state index in [9.17, 15) is 48.6 Å². The first-order chi connectivity index (χ1) is 13.8. The summed E-state index contributed by atoms with van der Waals surface area (Å²) in [7, 11) is 0.880. The fourth-order valence-corrected chi connectivity index (χ4v) is 2.51. The number of carboxylic acids is 4. The molecule has 0 bridgehead atoms. The van der Waals surface area contributed by atoms with E-state index in [-0.39, 0.29) is 6.42 Å². The Morgan fingerprint density at radius 1 is 0.667 bits per heavy atom. The maximum Gasteiger partial charge on any atom is 0.338 e. The average molecular weight is 432 g/mol. The number of Topliss-reactive ketones (excluding diaryl/α,β-unsaturated/α-hetero) is 2. The van der Waals surface area contributed by atoms with Gasteiger partial charge >= 0.3 is 23.9 Å². The lowest BCUT2D eigenvalue weighted by molar-refractivity contribution is -0.174. The smallest absolute Gasteiger partial charge is 0.338 e. The van der Waals surface area contributed by atoms with Gasteiger partial charge in [0.1, 0.15) is 0 Å². The summed E-state index contributed by atoms with van der Waals surface area (Å²) in [5.41, 5.74) is -7.06. The van der Waals surface area contributed by atoms with Gasteiger partial charge < -0.3 is 31.1 Å². The van der Waals surface area contributed by atoms with Crippen molar-refractivity contribution in [2.45, 2.75) is 26.2 Å². The van der Waals surface area contributed by atoms with Crippen LogP contribution in [0, 0.1) is 10.8 Å². The first kappa shape index (κ1) is 26.2. The predicted molar refractivity (Wildman–Crippen MR) is 92.0 cm³/mol. The topological polar surface area (TPSA) is 242 Å². The molecule has 14 nitrogen and oxygen atoms in total. The molecule has 0 rings (SSSR count). The highest BCUT2D eigenvalue weighted by molar-refractivity contribution is 6.36. The third-order valence-electron chi connectivity index (χ3n) is 4.14. The van der Waals surface area contributed by atoms with Crippen molar-refractivity contribution in [3.8, 4) is 0 Å². The molecule has 166 valence electrons. The molecule has 0 aliphatic heterocycles. The van der Waals surface area contributed by atoms with E-state index in [2.05, 4.69) is 0 Å². The van der Waals surface area contributed by atoms with E-state index in [0.717, 1.165) is 7.05 Å². The molecule has 0 aromatic carbocycles. The third-order valence-corrected chi connectivity index (χ3v) is 4.14. The van der Waals surface area contributed by atoms with Crippen LogP contribution in [0.3, 0.4) is 0 Å². The number of carbonyl (C=O) groups is 8. The summed E-state index contributed by atoms with van der Waals surface area (Å²) in [6, 6.07) is 0. The highest BCUT2D eigenvalue weighted by Gasteiger charge is 2.61. The van der Waals surface area contributed by atoms with Gasteiger partial charge in [-0.3, -0.25) is 19.2 Å². The van der Waals surface area contributed by atoms with Gasteiger partial charge in [-0.1, -0.05) is 6.92 Å². The number of rotatable bonds is 13. The zero-order chi connectivity index (χ0) is 23.9. The van der Waals surface area contributed by atoms with Crippen molar-refractivity contribution in [1.82, 2.24) is 10.6 Å². The number of hydrogen-bond donors (Lipinski definition) is 6. The van der Waals surface area contributed by atoms with Crippen LogP contribution >= 0.6 is 0 Å². The quantitative estimate of drug-likeness (QED) is 0.165. The summed E-state index contributed by atoms with van der Waals surface area (Å²) in [6.45, 7) is 0.484. The summed E-state index contributed by atoms with van der Waals surface area (Å²) >= 11 is 0. The molecular formula is C16H20N2O12. The number of nitrogens with one attached hydrogen (secondary N) is 2. The molecule has 0 aromatic heterocycles. The Hall–Kier alpha value is -3.84. The first-order valence-electron chi connectivity index (χ1n) is 8.30. The molecule has 0 aliphatic rings. The zero-order valence-corrected chi connectivity index (χ0v) is 15.9. The zero-order valence-electron chi connectivity index (χ0n) is 15.9. The molecule has 2 amide bonds. The Labute approximate surface area is 168 Å². The molecule has 0 saturated heterocycles. The second-order valence-corrected chi connectivity index (χ2v) is 5.90. The Morgan fingerprint density at radius 2 is 1.03 bits per heavy atom. The van der Waals surface area contributed by atoms with Crippen LogP contribution < -0.4 is 10.6 Å². The summed E-state index contributed by atoms with van der Waals surface area (Å²) in [5.74, 6) is -15.8. The highest BCUT2D eigenvalue weighted by Crippen LogP contribution is 2.24. The molecule has 0 aliphatic carbocycles. The predicted octanol–water partition coefficient (Wildman–Crippen LogP) is -2.51. The third kappa shape index (κ3) is 4.26. The molecule has 0 fully saturated rings. The second kappa shape index (κ2) is 10.1. The number of ketones is 2. The number of carboxylic acid groups (broad SMARTS) is 4. The number of hydrogen-bond acceptors (Lipinski definition) is 8. The largest absolute Gasteiger partial charge is 0.480 e. The number of amides is 2. The second-order valence-electron chi connectivity index (χ2n) is 5.90. The number of aliphatic carboxylic acids is 4. The fourth-order valence-electron chi connectivity index (χ4n) is 2.51. The van der Waals surface area contributed by atoms with Crippen LogP contribution in [0.25, 0.3) is 0 Å². The van der Waals surface area contributed by atoms with Crippen molar-refractivity contribution in [1.29, 1.82) is 0 Å². The van der Waals surface area contributed by atoms with Crippen molar-refractivity contribution < 1.29 is 58.8 Å². The molecule has 14 heteroatoms. The van der Waals surface area contributed by atoms with Crippen LogP contribution in [0.4, 0.5) is 0 Å². The van der Waals surface area contributed by atoms with Crippen LogP contribution in [0.15, 0.2) is 0 Å². The molecule has 0 saturated carbocycles. The lowest BCUT2D eigenvalue weighted by atomic mass is 9.79. The van der Waals surface area contributed by atoms with E-state index in [1.807, 2.05) is 0 Å². The Bertz CT molecular complexity index is 772. The van der Waals surface area contributed by atoms with Crippen molar-refractivity contribution >= 4 is 47.3 Å². The fraction of sp³-hybridized carbons (Fsp3) is 0.500. The van der Waals surface area contributed by atoms with Gasteiger partial charge in [0.25, 0.3) is 22.6 Å². The van der Waals surface area contributed by atoms with E-state index in [1.54, 1.807) is 10.6 Å². The van der Waals surface area contributed by atoms with E-state index in [1.165, 1.54) is 6.92 Å². The average Bonchev–Trinajstić information content (AvgIpc) is 2.61. The van der Waals surface area contributed by atoms with Gasteiger partial charge in [-0.05, 0) is 6.42 Å². The minimum Gasteiger partial charge on any atom is -0.480 e. The van der Waals surface area contributed by atoms with Crippen LogP contribution in [-0.4, -0.2) is 81.3 Å². The normalized spacial score (nSPS) is 11.1. The molecule has 0 unspecified atom stereocenters. The molecule has 30 heavy (non-hydrogen) atoms. The van der Waals surface area contributed by atoms with Gasteiger partial charge in [-0.2, -0.15) is 0 Å². The van der Waals surface area contributed by atoms with Gasteiger partial charge in [0, 0.05) is 26.4 Å². The van der Waals surface area contributed by atoms with E-state index in [4.69, 9.17) is 10.2 Å². The number of carbonyl (C=O) groups excluding carboxylic acids is 4. The highest BCUT2D eigenvalue weighted by atomic mass is 16.4. The first-order valence-corrected chi connectivity index (χ1v) is 8.30. The standard InChI is InChI=1S/C16H20N2O12/c1-3-4-7(19)16(13(27)28,14(29)30)10(22)18-6-5-8(20)15(11(23)24,12(25)26)9(21)17-2/h3-6H2,1-2H3,(H,17,21)(H,18,22)(H,23,24)(H,25,26)(H,27,28)(H,29,30). The van der Waals surface area contributed by atoms with Crippen LogP contribution in [-0.2, 0) is 38.4 Å². The van der Waals surface area contributed by atoms with Gasteiger partial charge in [-0.25, -0.2) is 19.2 Å². The van der Waals surface area contributed by atoms with Crippen molar-refractivity contribution in [3.63, 3.8) is 0 Å². The van der Waals surface area contributed by atoms with Crippen molar-refractivity contribution in [2.24, 2.45) is 10.8 Å². The Kier molecular flexibility index (Phi) is 8.79. The summed E-state index contributed by atoms with van der Waals surface area (Å²) in [6.07, 6.45) is -1.64.